The molecule has 0 heterocycles. The molecule has 2 N–H and O–H groups in total. The molecule has 0 aromatic heterocycles. The number of methoxy groups -OCH3 is 1. The van der Waals surface area contributed by atoms with E-state index in [-0.39, 0.29) is 5.75 Å². The Bertz CT molecular complexity index is 755. The quantitative estimate of drug-likeness (QED) is 0.844. The molecule has 0 fully saturated rings. The number of carbonyl (C=O) groups is 1. The van der Waals surface area contributed by atoms with Crippen molar-refractivity contribution in [1.82, 2.24) is 0 Å². The minimum Gasteiger partial charge on any atom is -0.468 e. The molecular formula is C15H17NO4S. The van der Waals surface area contributed by atoms with Crippen LogP contribution in [-0.2, 0) is 19.4 Å². The number of fused-ring (bicyclic) bond motifs is 1. The van der Waals surface area contributed by atoms with Crippen molar-refractivity contribution >= 4 is 26.6 Å². The largest absolute Gasteiger partial charge is 0.468 e. The minimum atomic E-state index is -3.59. The molecule has 0 radical (unpaired) electrons. The van der Waals surface area contributed by atoms with Crippen LogP contribution in [0.15, 0.2) is 42.5 Å². The van der Waals surface area contributed by atoms with Crippen LogP contribution in [0.3, 0.4) is 0 Å². The first-order chi connectivity index (χ1) is 9.91. The molecule has 0 aliphatic heterocycles. The molecule has 1 atom stereocenters. The first-order valence-corrected chi connectivity index (χ1v) is 8.25. The number of ether oxygens (including phenoxy) is 1. The average molecular weight is 307 g/mol. The van der Waals surface area contributed by atoms with Crippen LogP contribution in [0.4, 0.5) is 0 Å². The summed E-state index contributed by atoms with van der Waals surface area (Å²) in [6.45, 7) is 0. The Morgan fingerprint density at radius 2 is 1.86 bits per heavy atom. The van der Waals surface area contributed by atoms with Gasteiger partial charge in [0, 0.05) is 6.04 Å². The Balaban J connectivity index is 2.18. The van der Waals surface area contributed by atoms with Gasteiger partial charge in [-0.25, -0.2) is 8.42 Å². The van der Waals surface area contributed by atoms with Crippen molar-refractivity contribution in [3.05, 3.63) is 48.0 Å². The minimum absolute atomic E-state index is 0.291. The Hall–Kier alpha value is -1.92. The van der Waals surface area contributed by atoms with Crippen molar-refractivity contribution in [3.63, 3.8) is 0 Å². The molecular weight excluding hydrogens is 290 g/mol. The predicted molar refractivity (Wildman–Crippen MR) is 81.5 cm³/mol. The lowest BCUT2D eigenvalue weighted by atomic mass is 10.0. The number of carbonyl (C=O) groups excluding carboxylic acids is 1. The lowest BCUT2D eigenvalue weighted by molar-refractivity contribution is -0.137. The van der Waals surface area contributed by atoms with E-state index in [0.29, 0.717) is 0 Å². The molecule has 5 nitrogen and oxygen atoms in total. The Morgan fingerprint density at radius 1 is 1.19 bits per heavy atom. The molecule has 0 aliphatic rings. The smallest absolute Gasteiger partial charge is 0.320 e. The van der Waals surface area contributed by atoms with Crippen molar-refractivity contribution in [3.8, 4) is 0 Å². The molecule has 112 valence electrons. The van der Waals surface area contributed by atoms with Crippen LogP contribution in [0.2, 0.25) is 0 Å². The monoisotopic (exact) mass is 307 g/mol. The highest BCUT2D eigenvalue weighted by Crippen LogP contribution is 2.20. The molecule has 21 heavy (non-hydrogen) atoms. The summed E-state index contributed by atoms with van der Waals surface area (Å²) >= 11 is 0. The number of sulfone groups is 1. The fourth-order valence-corrected chi connectivity index (χ4v) is 3.44. The lowest BCUT2D eigenvalue weighted by Gasteiger charge is -2.13. The topological polar surface area (TPSA) is 86.5 Å². The highest BCUT2D eigenvalue weighted by molar-refractivity contribution is 7.92. The second-order valence-electron chi connectivity index (χ2n) is 4.84. The van der Waals surface area contributed by atoms with Gasteiger partial charge >= 0.3 is 5.97 Å². The first kappa shape index (κ1) is 15.5. The van der Waals surface area contributed by atoms with Crippen LogP contribution in [0.5, 0.6) is 0 Å². The summed E-state index contributed by atoms with van der Waals surface area (Å²) in [5.41, 5.74) is 6.68. The van der Waals surface area contributed by atoms with E-state index in [1.165, 1.54) is 0 Å². The maximum Gasteiger partial charge on any atom is 0.320 e. The van der Waals surface area contributed by atoms with Crippen molar-refractivity contribution in [2.45, 2.75) is 6.04 Å². The number of benzene rings is 2. The van der Waals surface area contributed by atoms with E-state index < -0.39 is 27.6 Å². The van der Waals surface area contributed by atoms with E-state index in [4.69, 9.17) is 5.73 Å². The van der Waals surface area contributed by atoms with Gasteiger partial charge in [0.2, 0.25) is 0 Å². The highest BCUT2D eigenvalue weighted by Gasteiger charge is 2.21. The van der Waals surface area contributed by atoms with Crippen molar-refractivity contribution in [2.24, 2.45) is 5.73 Å². The molecule has 0 bridgehead atoms. The third kappa shape index (κ3) is 4.03. The summed E-state index contributed by atoms with van der Waals surface area (Å²) in [4.78, 5) is 11.1. The summed E-state index contributed by atoms with van der Waals surface area (Å²) in [7, 11) is -2.44. The molecule has 0 aliphatic carbocycles. The van der Waals surface area contributed by atoms with Gasteiger partial charge in [-0.3, -0.25) is 4.79 Å². The average Bonchev–Trinajstić information content (AvgIpc) is 2.45. The molecule has 1 unspecified atom stereocenters. The summed E-state index contributed by atoms with van der Waals surface area (Å²) in [5.74, 6) is -1.72. The fourth-order valence-electron chi connectivity index (χ4n) is 2.11. The predicted octanol–water partition coefficient (Wildman–Crippen LogP) is 1.43. The molecule has 2 aromatic rings. The summed E-state index contributed by atoms with van der Waals surface area (Å²) < 4.78 is 28.1. The van der Waals surface area contributed by atoms with Gasteiger partial charge < -0.3 is 10.5 Å². The number of nitrogens with two attached hydrogens (primary N) is 1. The van der Waals surface area contributed by atoms with E-state index in [9.17, 15) is 13.2 Å². The van der Waals surface area contributed by atoms with Crippen molar-refractivity contribution in [1.29, 1.82) is 0 Å². The van der Waals surface area contributed by atoms with Crippen LogP contribution in [0, 0.1) is 0 Å². The maximum absolute atomic E-state index is 11.9. The second kappa shape index (κ2) is 6.24. The van der Waals surface area contributed by atoms with Gasteiger partial charge in [-0.1, -0.05) is 36.4 Å². The molecule has 0 saturated heterocycles. The number of esters is 1. The van der Waals surface area contributed by atoms with Crippen LogP contribution in [-0.4, -0.2) is 33.0 Å². The van der Waals surface area contributed by atoms with Gasteiger partial charge in [0.25, 0.3) is 0 Å². The second-order valence-corrected chi connectivity index (χ2v) is 6.95. The van der Waals surface area contributed by atoms with Crippen molar-refractivity contribution in [2.75, 3.05) is 18.6 Å². The first-order valence-electron chi connectivity index (χ1n) is 6.43. The molecule has 6 heteroatoms. The van der Waals surface area contributed by atoms with Gasteiger partial charge in [0.15, 0.2) is 9.84 Å². The van der Waals surface area contributed by atoms with Gasteiger partial charge in [0.05, 0.1) is 12.9 Å². The van der Waals surface area contributed by atoms with Gasteiger partial charge in [-0.05, 0) is 22.4 Å². The van der Waals surface area contributed by atoms with Crippen LogP contribution >= 0.6 is 0 Å². The Labute approximate surface area is 123 Å². The molecule has 0 amide bonds. The Morgan fingerprint density at radius 3 is 2.52 bits per heavy atom. The van der Waals surface area contributed by atoms with Gasteiger partial charge in [-0.15, -0.1) is 0 Å². The molecule has 0 spiro atoms. The molecule has 0 saturated carbocycles. The zero-order chi connectivity index (χ0) is 15.5. The van der Waals surface area contributed by atoms with Crippen molar-refractivity contribution < 1.29 is 17.9 Å². The van der Waals surface area contributed by atoms with Gasteiger partial charge in [-0.2, -0.15) is 0 Å². The van der Waals surface area contributed by atoms with E-state index in [1.54, 1.807) is 6.07 Å². The SMILES string of the molecule is COC(=O)CS(=O)(=O)CC(N)c1ccc2ccccc2c1. The maximum atomic E-state index is 11.9. The van der Waals surface area contributed by atoms with Crippen LogP contribution in [0.1, 0.15) is 11.6 Å². The Kier molecular flexibility index (Phi) is 4.59. The third-order valence-electron chi connectivity index (χ3n) is 3.20. The summed E-state index contributed by atoms with van der Waals surface area (Å²) in [6.07, 6.45) is 0. The van der Waals surface area contributed by atoms with E-state index >= 15 is 0 Å². The van der Waals surface area contributed by atoms with E-state index in [0.717, 1.165) is 23.4 Å². The van der Waals surface area contributed by atoms with E-state index in [1.807, 2.05) is 36.4 Å². The van der Waals surface area contributed by atoms with Crippen LogP contribution in [0.25, 0.3) is 10.8 Å². The fraction of sp³-hybridized carbons (Fsp3) is 0.267. The third-order valence-corrected chi connectivity index (χ3v) is 4.74. The lowest BCUT2D eigenvalue weighted by Crippen LogP contribution is -2.27. The molecule has 2 aromatic carbocycles. The standard InChI is InChI=1S/C15H17NO4S/c1-20-15(17)10-21(18,19)9-14(16)13-7-6-11-4-2-3-5-12(11)8-13/h2-8,14H,9-10,16H2,1H3. The summed E-state index contributed by atoms with van der Waals surface area (Å²) in [6, 6.07) is 12.7. The number of rotatable bonds is 5. The highest BCUT2D eigenvalue weighted by atomic mass is 32.2. The zero-order valence-electron chi connectivity index (χ0n) is 11.7. The molecule has 2 rings (SSSR count). The van der Waals surface area contributed by atoms with Gasteiger partial charge in [0.1, 0.15) is 5.75 Å². The number of hydrogen-bond donors (Lipinski definition) is 1. The summed E-state index contributed by atoms with van der Waals surface area (Å²) in [5, 5.41) is 2.06. The normalized spacial score (nSPS) is 13.0. The number of hydrogen-bond acceptors (Lipinski definition) is 5. The van der Waals surface area contributed by atoms with Crippen LogP contribution < -0.4 is 5.73 Å². The van der Waals surface area contributed by atoms with E-state index in [2.05, 4.69) is 4.74 Å². The zero-order valence-corrected chi connectivity index (χ0v) is 12.5.